The molecule has 2 atom stereocenters. The molecule has 1 fully saturated rings. The predicted octanol–water partition coefficient (Wildman–Crippen LogP) is 6.94. The Hall–Kier alpha value is 2.84. The number of hydrogen-bond donors (Lipinski definition) is 1. The highest BCUT2D eigenvalue weighted by atomic mass is 79.9. The van der Waals surface area contributed by atoms with E-state index in [2.05, 4.69) is 95.6 Å². The minimum Gasteiger partial charge on any atom is -0.376 e. The summed E-state index contributed by atoms with van der Waals surface area (Å²) in [6.07, 6.45) is 8.89. The van der Waals surface area contributed by atoms with Gasteiger partial charge in [0.1, 0.15) is 11.0 Å². The van der Waals surface area contributed by atoms with Gasteiger partial charge in [0.15, 0.2) is 0 Å². The molecule has 0 bridgehead atoms. The van der Waals surface area contributed by atoms with Gasteiger partial charge in [-0.2, -0.15) is 0 Å². The van der Waals surface area contributed by atoms with Crippen LogP contribution in [0.1, 0.15) is 51.4 Å². The lowest BCUT2D eigenvalue weighted by molar-refractivity contribution is 0.119. The third kappa shape index (κ3) is 4.90. The summed E-state index contributed by atoms with van der Waals surface area (Å²) in [6, 6.07) is 0. The van der Waals surface area contributed by atoms with Gasteiger partial charge in [0, 0.05) is 4.83 Å². The fraction of sp³-hybridized carbons (Fsp3) is 1.00. The van der Waals surface area contributed by atoms with E-state index in [1.54, 1.807) is 0 Å². The van der Waals surface area contributed by atoms with E-state index in [1.165, 1.54) is 32.1 Å². The Labute approximate surface area is 166 Å². The zero-order valence-corrected chi connectivity index (χ0v) is 20.0. The maximum absolute atomic E-state index is 10.8. The summed E-state index contributed by atoms with van der Waals surface area (Å²) in [5.74, 6) is 0. The molecule has 0 amide bonds. The van der Waals surface area contributed by atoms with Crippen molar-refractivity contribution >= 4 is 95.6 Å². The molecule has 0 aromatic carbocycles. The summed E-state index contributed by atoms with van der Waals surface area (Å²) in [4.78, 5) is 0.183. The third-order valence-electron chi connectivity index (χ3n) is 3.51. The van der Waals surface area contributed by atoms with E-state index in [4.69, 9.17) is 0 Å². The van der Waals surface area contributed by atoms with Gasteiger partial charge in [-0.15, -0.1) is 0 Å². The summed E-state index contributed by atoms with van der Waals surface area (Å²) in [5.41, 5.74) is 0. The molecule has 1 aliphatic carbocycles. The van der Waals surface area contributed by atoms with E-state index in [0.717, 1.165) is 12.8 Å². The van der Waals surface area contributed by atoms with Gasteiger partial charge in [-0.05, 0) is 19.3 Å². The molecule has 1 saturated carbocycles. The van der Waals surface area contributed by atoms with Gasteiger partial charge < -0.3 is 5.11 Å². The highest BCUT2D eigenvalue weighted by Gasteiger charge is 2.59. The second-order valence-corrected chi connectivity index (χ2v) is 14.5. The highest BCUT2D eigenvalue weighted by molar-refractivity contribution is 9.31. The van der Waals surface area contributed by atoms with Crippen molar-refractivity contribution in [3.8, 4) is 0 Å². The molecule has 0 aromatic rings. The second-order valence-electron chi connectivity index (χ2n) is 5.08. The molecule has 114 valence electrons. The Bertz CT molecular complexity index is 292. The van der Waals surface area contributed by atoms with Crippen molar-refractivity contribution in [2.24, 2.45) is 0 Å². The van der Waals surface area contributed by atoms with Crippen LogP contribution in [-0.4, -0.2) is 20.9 Å². The van der Waals surface area contributed by atoms with Crippen LogP contribution in [0.15, 0.2) is 0 Å². The molecule has 19 heavy (non-hydrogen) atoms. The summed E-state index contributed by atoms with van der Waals surface area (Å²) >= 11 is 22.0. The molecule has 0 saturated heterocycles. The van der Waals surface area contributed by atoms with Crippen LogP contribution in [0.4, 0.5) is 0 Å². The van der Waals surface area contributed by atoms with Crippen molar-refractivity contribution in [1.82, 2.24) is 0 Å². The van der Waals surface area contributed by atoms with Crippen LogP contribution in [0.3, 0.4) is 0 Å². The van der Waals surface area contributed by atoms with Crippen LogP contribution < -0.4 is 0 Å². The summed E-state index contributed by atoms with van der Waals surface area (Å²) in [7, 11) is 0. The topological polar surface area (TPSA) is 20.2 Å². The quantitative estimate of drug-likeness (QED) is 0.280. The maximum Gasteiger partial charge on any atom is 0.146 e. The van der Waals surface area contributed by atoms with Gasteiger partial charge in [0.2, 0.25) is 0 Å². The normalized spacial score (nSPS) is 37.1. The van der Waals surface area contributed by atoms with Gasteiger partial charge in [-0.1, -0.05) is 128 Å². The van der Waals surface area contributed by atoms with E-state index in [9.17, 15) is 5.11 Å². The van der Waals surface area contributed by atoms with E-state index in [1.807, 2.05) is 0 Å². The fourth-order valence-electron chi connectivity index (χ4n) is 2.18. The molecular formula is C12H18Br6O. The Morgan fingerprint density at radius 1 is 0.789 bits per heavy atom. The molecule has 0 heterocycles. The number of halogens is 6. The van der Waals surface area contributed by atoms with Crippen LogP contribution in [0, 0.1) is 0 Å². The average Bonchev–Trinajstić information content (AvgIpc) is 2.30. The molecule has 1 rings (SSSR count). The largest absolute Gasteiger partial charge is 0.376 e. The van der Waals surface area contributed by atoms with Crippen LogP contribution in [0.2, 0.25) is 0 Å². The number of aliphatic hydroxyl groups is 1. The smallest absolute Gasteiger partial charge is 0.146 e. The summed E-state index contributed by atoms with van der Waals surface area (Å²) in [6.45, 7) is 0. The number of alkyl halides is 6. The van der Waals surface area contributed by atoms with E-state index < -0.39 is 11.0 Å². The second kappa shape index (κ2) is 8.09. The van der Waals surface area contributed by atoms with Crippen LogP contribution >= 0.6 is 95.6 Å². The van der Waals surface area contributed by atoms with Gasteiger partial charge >= 0.3 is 0 Å². The van der Waals surface area contributed by atoms with Crippen molar-refractivity contribution in [2.75, 3.05) is 0 Å². The molecule has 0 spiro atoms. The Kier molecular flexibility index (Phi) is 8.47. The van der Waals surface area contributed by atoms with Gasteiger partial charge in [0.25, 0.3) is 0 Å². The van der Waals surface area contributed by atoms with Gasteiger partial charge in [-0.3, -0.25) is 0 Å². The molecular weight excluding hydrogens is 640 g/mol. The molecule has 1 aliphatic rings. The van der Waals surface area contributed by atoms with Crippen LogP contribution in [0.25, 0.3) is 0 Å². The summed E-state index contributed by atoms with van der Waals surface area (Å²) < 4.78 is -2.28. The Morgan fingerprint density at radius 3 is 1.84 bits per heavy atom. The van der Waals surface area contributed by atoms with Crippen LogP contribution in [0.5, 0.6) is 0 Å². The van der Waals surface area contributed by atoms with Crippen molar-refractivity contribution in [1.29, 1.82) is 0 Å². The minimum absolute atomic E-state index is 0.183. The molecule has 1 N–H and O–H groups in total. The maximum atomic E-state index is 10.8. The highest BCUT2D eigenvalue weighted by Crippen LogP contribution is 2.61. The molecule has 0 aliphatic heterocycles. The molecule has 0 aromatic heterocycles. The molecule has 0 radical (unpaired) electrons. The van der Waals surface area contributed by atoms with Crippen molar-refractivity contribution in [3.63, 3.8) is 0 Å². The van der Waals surface area contributed by atoms with E-state index >= 15 is 0 Å². The van der Waals surface area contributed by atoms with Gasteiger partial charge in [-0.25, -0.2) is 0 Å². The van der Waals surface area contributed by atoms with E-state index in [0.29, 0.717) is 6.42 Å². The monoisotopic (exact) mass is 652 g/mol. The van der Waals surface area contributed by atoms with Crippen molar-refractivity contribution < 1.29 is 5.11 Å². The van der Waals surface area contributed by atoms with Crippen molar-refractivity contribution in [2.45, 2.75) is 67.2 Å². The molecule has 7 heteroatoms. The lowest BCUT2D eigenvalue weighted by atomic mass is 9.99. The van der Waals surface area contributed by atoms with Crippen LogP contribution in [-0.2, 0) is 0 Å². The zero-order chi connectivity index (χ0) is 14.7. The lowest BCUT2D eigenvalue weighted by Crippen LogP contribution is -2.54. The number of hydrogen-bond acceptors (Lipinski definition) is 1. The first-order valence-electron chi connectivity index (χ1n) is 6.44. The Balaban J connectivity index is 2.96. The fourth-order valence-corrected chi connectivity index (χ4v) is 6.65. The lowest BCUT2D eigenvalue weighted by Gasteiger charge is -2.45. The SMILES string of the molecule is OC1(Br)CCCCCCCCC(Br)C(Br)(Br)C1(Br)Br. The first kappa shape index (κ1) is 19.9. The predicted molar refractivity (Wildman–Crippen MR) is 105 cm³/mol. The number of rotatable bonds is 0. The van der Waals surface area contributed by atoms with E-state index in [-0.39, 0.29) is 4.83 Å². The first-order valence-corrected chi connectivity index (χ1v) is 11.3. The standard InChI is InChI=1S/C12H18Br6O/c13-9-7-5-3-1-2-4-6-8-10(14,19)12(17,18)11(9,15)16/h9,19H,1-8H2. The first-order chi connectivity index (χ1) is 8.63. The summed E-state index contributed by atoms with van der Waals surface area (Å²) in [5, 5.41) is 10.8. The minimum atomic E-state index is -1.04. The van der Waals surface area contributed by atoms with Crippen molar-refractivity contribution in [3.05, 3.63) is 0 Å². The molecule has 1 nitrogen and oxygen atoms in total. The van der Waals surface area contributed by atoms with Gasteiger partial charge in [0.05, 0.1) is 0 Å². The Morgan fingerprint density at radius 2 is 1.26 bits per heavy atom. The third-order valence-corrected chi connectivity index (χ3v) is 14.9. The average molecular weight is 658 g/mol. The molecule has 2 unspecified atom stereocenters. The zero-order valence-electron chi connectivity index (χ0n) is 10.4.